The number of aliphatic hydroxyl groups is 1. The van der Waals surface area contributed by atoms with Crippen LogP contribution in [0.5, 0.6) is 0 Å². The van der Waals surface area contributed by atoms with E-state index >= 15 is 0 Å². The van der Waals surface area contributed by atoms with Crippen LogP contribution in [-0.4, -0.2) is 33.6 Å². The Morgan fingerprint density at radius 2 is 2.09 bits per heavy atom. The molecule has 0 aliphatic heterocycles. The molecular formula is C17H24N4O2. The number of rotatable bonds is 8. The third kappa shape index (κ3) is 5.75. The average molecular weight is 316 g/mol. The largest absolute Gasteiger partial charge is 0.396 e. The molecule has 23 heavy (non-hydrogen) atoms. The van der Waals surface area contributed by atoms with E-state index in [0.717, 1.165) is 12.0 Å². The van der Waals surface area contributed by atoms with E-state index in [1.54, 1.807) is 6.20 Å². The van der Waals surface area contributed by atoms with Crippen LogP contribution in [0, 0.1) is 0 Å². The fourth-order valence-corrected chi connectivity index (χ4v) is 2.31. The third-order valence-corrected chi connectivity index (χ3v) is 3.63. The van der Waals surface area contributed by atoms with Crippen molar-refractivity contribution in [1.29, 1.82) is 0 Å². The lowest BCUT2D eigenvalue weighted by molar-refractivity contribution is 0.227. The molecule has 0 bridgehead atoms. The lowest BCUT2D eigenvalue weighted by Gasteiger charge is -2.15. The Bertz CT molecular complexity index is 598. The van der Waals surface area contributed by atoms with Gasteiger partial charge < -0.3 is 15.7 Å². The number of hydrogen-bond donors (Lipinski definition) is 3. The van der Waals surface area contributed by atoms with Crippen LogP contribution in [0.1, 0.15) is 30.9 Å². The first-order chi connectivity index (χ1) is 11.2. The Labute approximate surface area is 136 Å². The van der Waals surface area contributed by atoms with Gasteiger partial charge in [-0.05, 0) is 18.4 Å². The van der Waals surface area contributed by atoms with Crippen molar-refractivity contribution in [3.63, 3.8) is 0 Å². The van der Waals surface area contributed by atoms with Gasteiger partial charge in [-0.1, -0.05) is 37.3 Å². The Balaban J connectivity index is 1.79. The van der Waals surface area contributed by atoms with Gasteiger partial charge in [0, 0.05) is 31.0 Å². The van der Waals surface area contributed by atoms with E-state index in [9.17, 15) is 4.79 Å². The van der Waals surface area contributed by atoms with E-state index in [1.807, 2.05) is 36.0 Å². The molecule has 1 atom stereocenters. The Hall–Kier alpha value is -2.34. The van der Waals surface area contributed by atoms with Crippen molar-refractivity contribution in [2.75, 3.05) is 6.61 Å². The predicted octanol–water partition coefficient (Wildman–Crippen LogP) is 1.89. The van der Waals surface area contributed by atoms with E-state index in [2.05, 4.69) is 27.9 Å². The van der Waals surface area contributed by atoms with Crippen molar-refractivity contribution in [2.24, 2.45) is 0 Å². The quantitative estimate of drug-likeness (QED) is 0.696. The van der Waals surface area contributed by atoms with Crippen LogP contribution in [0.15, 0.2) is 42.7 Å². The van der Waals surface area contributed by atoms with E-state index in [-0.39, 0.29) is 18.7 Å². The van der Waals surface area contributed by atoms with Crippen molar-refractivity contribution < 1.29 is 9.90 Å². The van der Waals surface area contributed by atoms with Crippen LogP contribution in [-0.2, 0) is 13.1 Å². The molecule has 2 rings (SSSR count). The van der Waals surface area contributed by atoms with Crippen LogP contribution < -0.4 is 10.6 Å². The minimum atomic E-state index is -0.221. The summed E-state index contributed by atoms with van der Waals surface area (Å²) in [4.78, 5) is 11.8. The number of nitrogens with one attached hydrogen (secondary N) is 2. The van der Waals surface area contributed by atoms with Crippen molar-refractivity contribution in [3.8, 4) is 0 Å². The summed E-state index contributed by atoms with van der Waals surface area (Å²) in [5.41, 5.74) is 2.13. The second-order valence-electron chi connectivity index (χ2n) is 5.48. The molecule has 0 radical (unpaired) electrons. The smallest absolute Gasteiger partial charge is 0.315 e. The fourth-order valence-electron chi connectivity index (χ4n) is 2.31. The zero-order chi connectivity index (χ0) is 16.5. The molecule has 6 nitrogen and oxygen atoms in total. The van der Waals surface area contributed by atoms with Crippen molar-refractivity contribution in [3.05, 3.63) is 53.9 Å². The van der Waals surface area contributed by atoms with Crippen LogP contribution in [0.25, 0.3) is 0 Å². The first-order valence-corrected chi connectivity index (χ1v) is 7.91. The minimum absolute atomic E-state index is 0.000744. The van der Waals surface area contributed by atoms with Gasteiger partial charge in [-0.25, -0.2) is 4.79 Å². The Morgan fingerprint density at radius 3 is 2.78 bits per heavy atom. The summed E-state index contributed by atoms with van der Waals surface area (Å²) < 4.78 is 1.85. The molecule has 0 spiro atoms. The molecule has 0 fully saturated rings. The highest BCUT2D eigenvalue weighted by Crippen LogP contribution is 2.04. The first-order valence-electron chi connectivity index (χ1n) is 7.91. The molecule has 2 aromatic rings. The van der Waals surface area contributed by atoms with E-state index in [1.165, 1.54) is 5.56 Å². The summed E-state index contributed by atoms with van der Waals surface area (Å²) in [5, 5.41) is 18.9. The number of amides is 2. The van der Waals surface area contributed by atoms with Crippen LogP contribution in [0.3, 0.4) is 0 Å². The highest BCUT2D eigenvalue weighted by atomic mass is 16.3. The fraction of sp³-hybridized carbons (Fsp3) is 0.412. The van der Waals surface area contributed by atoms with Crippen LogP contribution in [0.2, 0.25) is 0 Å². The van der Waals surface area contributed by atoms with E-state index in [0.29, 0.717) is 19.5 Å². The molecule has 0 saturated heterocycles. The number of aliphatic hydroxyl groups excluding tert-OH is 1. The number of benzene rings is 1. The van der Waals surface area contributed by atoms with Gasteiger partial charge in [-0.15, -0.1) is 0 Å². The van der Waals surface area contributed by atoms with Gasteiger partial charge in [-0.3, -0.25) is 4.68 Å². The lowest BCUT2D eigenvalue weighted by Crippen LogP contribution is -2.41. The molecule has 1 aromatic carbocycles. The third-order valence-electron chi connectivity index (χ3n) is 3.63. The predicted molar refractivity (Wildman–Crippen MR) is 88.9 cm³/mol. The second kappa shape index (κ2) is 8.95. The highest BCUT2D eigenvalue weighted by Gasteiger charge is 2.09. The maximum absolute atomic E-state index is 11.8. The minimum Gasteiger partial charge on any atom is -0.396 e. The zero-order valence-electron chi connectivity index (χ0n) is 13.4. The van der Waals surface area contributed by atoms with E-state index < -0.39 is 0 Å². The summed E-state index contributed by atoms with van der Waals surface area (Å²) in [6.45, 7) is 3.19. The van der Waals surface area contributed by atoms with Gasteiger partial charge in [0.25, 0.3) is 0 Å². The number of nitrogens with zero attached hydrogens (tertiary/aromatic N) is 2. The molecular weight excluding hydrogens is 292 g/mol. The summed E-state index contributed by atoms with van der Waals surface area (Å²) in [7, 11) is 0. The average Bonchev–Trinajstić information content (AvgIpc) is 3.01. The first kappa shape index (κ1) is 17.0. The number of hydrogen-bond acceptors (Lipinski definition) is 3. The SMILES string of the molecule is CCC(CCO)NC(=O)NCc1cnn(Cc2ccccc2)c1. The van der Waals surface area contributed by atoms with Crippen molar-refractivity contribution in [1.82, 2.24) is 20.4 Å². The highest BCUT2D eigenvalue weighted by molar-refractivity contribution is 5.74. The van der Waals surface area contributed by atoms with Gasteiger partial charge in [0.15, 0.2) is 0 Å². The molecule has 1 aromatic heterocycles. The maximum Gasteiger partial charge on any atom is 0.315 e. The summed E-state index contributed by atoms with van der Waals surface area (Å²) in [6.07, 6.45) is 5.05. The molecule has 3 N–H and O–H groups in total. The molecule has 124 valence electrons. The van der Waals surface area contributed by atoms with Crippen molar-refractivity contribution in [2.45, 2.75) is 38.9 Å². The summed E-state index contributed by atoms with van der Waals surface area (Å²) in [5.74, 6) is 0. The normalized spacial score (nSPS) is 11.9. The Morgan fingerprint density at radius 1 is 1.30 bits per heavy atom. The summed E-state index contributed by atoms with van der Waals surface area (Å²) >= 11 is 0. The van der Waals surface area contributed by atoms with Crippen LogP contribution in [0.4, 0.5) is 4.79 Å². The second-order valence-corrected chi connectivity index (χ2v) is 5.48. The molecule has 6 heteroatoms. The number of carbonyl (C=O) groups excluding carboxylic acids is 1. The molecule has 0 aliphatic rings. The summed E-state index contributed by atoms with van der Waals surface area (Å²) in [6, 6.07) is 9.88. The van der Waals surface area contributed by atoms with Gasteiger partial charge in [0.1, 0.15) is 0 Å². The monoisotopic (exact) mass is 316 g/mol. The standard InChI is InChI=1S/C17H24N4O2/c1-2-16(8-9-22)20-17(23)18-10-15-11-19-21(13-15)12-14-6-4-3-5-7-14/h3-7,11,13,16,22H,2,8-10,12H2,1H3,(H2,18,20,23). The molecule has 1 unspecified atom stereocenters. The lowest BCUT2D eigenvalue weighted by atomic mass is 10.2. The topological polar surface area (TPSA) is 79.2 Å². The van der Waals surface area contributed by atoms with Gasteiger partial charge in [-0.2, -0.15) is 5.10 Å². The number of urea groups is 1. The molecule has 2 amide bonds. The van der Waals surface area contributed by atoms with Gasteiger partial charge in [0.05, 0.1) is 12.7 Å². The molecule has 0 saturated carbocycles. The maximum atomic E-state index is 11.8. The van der Waals surface area contributed by atoms with Gasteiger partial charge >= 0.3 is 6.03 Å². The number of aromatic nitrogens is 2. The van der Waals surface area contributed by atoms with Crippen LogP contribution >= 0.6 is 0 Å². The Kier molecular flexibility index (Phi) is 6.62. The molecule has 0 aliphatic carbocycles. The van der Waals surface area contributed by atoms with E-state index in [4.69, 9.17) is 5.11 Å². The molecule has 1 heterocycles. The van der Waals surface area contributed by atoms with Crippen molar-refractivity contribution >= 4 is 6.03 Å². The zero-order valence-corrected chi connectivity index (χ0v) is 13.4. The number of carbonyl (C=O) groups is 1. The van der Waals surface area contributed by atoms with Gasteiger partial charge in [0.2, 0.25) is 0 Å².